The Hall–Kier alpha value is -2.58. The maximum atomic E-state index is 6.20. The monoisotopic (exact) mass is 316 g/mol. The third-order valence-electron chi connectivity index (χ3n) is 4.19. The maximum Gasteiger partial charge on any atom is 0.0359 e. The molecule has 0 spiro atoms. The molecule has 0 aromatic heterocycles. The van der Waals surface area contributed by atoms with Crippen LogP contribution in [0.25, 0.3) is 0 Å². The van der Waals surface area contributed by atoms with Crippen molar-refractivity contribution in [1.82, 2.24) is 4.90 Å². The second-order valence-electron chi connectivity index (χ2n) is 6.32. The van der Waals surface area contributed by atoms with Gasteiger partial charge in [-0.1, -0.05) is 78.4 Å². The number of nitrogens with two attached hydrogens (primary N) is 1. The number of nitrogen functional groups attached to an aromatic ring is 1. The SMILES string of the molecule is Cc1ccc(N)c(CN(Cc2ccccc2)Cc2ccccc2)c1. The van der Waals surface area contributed by atoms with E-state index in [1.807, 2.05) is 6.07 Å². The molecule has 3 aromatic carbocycles. The van der Waals surface area contributed by atoms with E-state index in [9.17, 15) is 0 Å². The van der Waals surface area contributed by atoms with Gasteiger partial charge in [-0.3, -0.25) is 4.90 Å². The average molecular weight is 316 g/mol. The van der Waals surface area contributed by atoms with Crippen molar-refractivity contribution >= 4 is 5.69 Å². The number of rotatable bonds is 6. The number of aryl methyl sites for hydroxylation is 1. The van der Waals surface area contributed by atoms with Crippen LogP contribution in [0.15, 0.2) is 78.9 Å². The quantitative estimate of drug-likeness (QED) is 0.663. The molecular formula is C22H24N2. The second-order valence-corrected chi connectivity index (χ2v) is 6.32. The largest absolute Gasteiger partial charge is 0.398 e. The highest BCUT2D eigenvalue weighted by molar-refractivity contribution is 5.48. The van der Waals surface area contributed by atoms with Crippen molar-refractivity contribution in [3.05, 3.63) is 101 Å². The van der Waals surface area contributed by atoms with Crippen LogP contribution in [-0.4, -0.2) is 4.90 Å². The molecule has 0 heterocycles. The van der Waals surface area contributed by atoms with Gasteiger partial charge in [0, 0.05) is 25.3 Å². The molecule has 2 heteroatoms. The predicted molar refractivity (Wildman–Crippen MR) is 101 cm³/mol. The molecule has 0 amide bonds. The molecule has 3 aromatic rings. The average Bonchev–Trinajstić information content (AvgIpc) is 2.60. The summed E-state index contributed by atoms with van der Waals surface area (Å²) >= 11 is 0. The summed E-state index contributed by atoms with van der Waals surface area (Å²) in [6.07, 6.45) is 0. The molecule has 2 N–H and O–H groups in total. The van der Waals surface area contributed by atoms with Gasteiger partial charge in [0.1, 0.15) is 0 Å². The van der Waals surface area contributed by atoms with E-state index >= 15 is 0 Å². The fourth-order valence-electron chi connectivity index (χ4n) is 2.96. The van der Waals surface area contributed by atoms with Crippen LogP contribution < -0.4 is 5.73 Å². The standard InChI is InChI=1S/C22H24N2/c1-18-12-13-22(23)21(14-18)17-24(15-19-8-4-2-5-9-19)16-20-10-6-3-7-11-20/h2-14H,15-17,23H2,1H3. The van der Waals surface area contributed by atoms with Gasteiger partial charge in [-0.2, -0.15) is 0 Å². The van der Waals surface area contributed by atoms with E-state index < -0.39 is 0 Å². The number of benzene rings is 3. The number of hydrogen-bond donors (Lipinski definition) is 1. The Labute approximate surface area is 144 Å². The molecule has 0 saturated carbocycles. The lowest BCUT2D eigenvalue weighted by Crippen LogP contribution is -2.23. The van der Waals surface area contributed by atoms with Crippen molar-refractivity contribution in [2.45, 2.75) is 26.6 Å². The summed E-state index contributed by atoms with van der Waals surface area (Å²) in [5.41, 5.74) is 12.1. The number of hydrogen-bond acceptors (Lipinski definition) is 2. The van der Waals surface area contributed by atoms with Gasteiger partial charge in [0.25, 0.3) is 0 Å². The molecule has 2 nitrogen and oxygen atoms in total. The molecule has 0 aliphatic rings. The van der Waals surface area contributed by atoms with Crippen molar-refractivity contribution in [2.75, 3.05) is 5.73 Å². The summed E-state index contributed by atoms with van der Waals surface area (Å²) in [5.74, 6) is 0. The van der Waals surface area contributed by atoms with Crippen LogP contribution >= 0.6 is 0 Å². The van der Waals surface area contributed by atoms with Crippen molar-refractivity contribution < 1.29 is 0 Å². The molecule has 0 saturated heterocycles. The van der Waals surface area contributed by atoms with Gasteiger partial charge < -0.3 is 5.73 Å². The highest BCUT2D eigenvalue weighted by atomic mass is 15.1. The highest BCUT2D eigenvalue weighted by Gasteiger charge is 2.10. The molecule has 0 aliphatic carbocycles. The first-order valence-corrected chi connectivity index (χ1v) is 8.36. The van der Waals surface area contributed by atoms with E-state index in [0.717, 1.165) is 25.3 Å². The molecule has 0 radical (unpaired) electrons. The molecule has 0 fully saturated rings. The Morgan fingerprint density at radius 1 is 0.708 bits per heavy atom. The lowest BCUT2D eigenvalue weighted by Gasteiger charge is -2.24. The zero-order chi connectivity index (χ0) is 16.8. The number of anilines is 1. The van der Waals surface area contributed by atoms with E-state index in [1.165, 1.54) is 22.3 Å². The minimum absolute atomic E-state index is 0.845. The third kappa shape index (κ3) is 4.46. The zero-order valence-electron chi connectivity index (χ0n) is 14.2. The van der Waals surface area contributed by atoms with Gasteiger partial charge in [0.05, 0.1) is 0 Å². The summed E-state index contributed by atoms with van der Waals surface area (Å²) in [4.78, 5) is 2.44. The van der Waals surface area contributed by atoms with Crippen LogP contribution in [0.5, 0.6) is 0 Å². The molecule has 0 aliphatic heterocycles. The highest BCUT2D eigenvalue weighted by Crippen LogP contribution is 2.19. The van der Waals surface area contributed by atoms with E-state index in [-0.39, 0.29) is 0 Å². The van der Waals surface area contributed by atoms with Crippen LogP contribution in [0.4, 0.5) is 5.69 Å². The van der Waals surface area contributed by atoms with Crippen LogP contribution in [-0.2, 0) is 19.6 Å². The molecule has 122 valence electrons. The van der Waals surface area contributed by atoms with E-state index in [1.54, 1.807) is 0 Å². The topological polar surface area (TPSA) is 29.3 Å². The Morgan fingerprint density at radius 2 is 1.25 bits per heavy atom. The summed E-state index contributed by atoms with van der Waals surface area (Å²) in [5, 5.41) is 0. The molecule has 0 bridgehead atoms. The van der Waals surface area contributed by atoms with Crippen LogP contribution in [0.1, 0.15) is 22.3 Å². The van der Waals surface area contributed by atoms with Crippen LogP contribution in [0.3, 0.4) is 0 Å². The lowest BCUT2D eigenvalue weighted by atomic mass is 10.1. The maximum absolute atomic E-state index is 6.20. The van der Waals surface area contributed by atoms with Gasteiger partial charge in [-0.05, 0) is 29.7 Å². The first kappa shape index (κ1) is 16.3. The normalized spacial score (nSPS) is 10.9. The van der Waals surface area contributed by atoms with Crippen molar-refractivity contribution in [3.8, 4) is 0 Å². The summed E-state index contributed by atoms with van der Waals surface area (Å²) < 4.78 is 0. The molecule has 0 unspecified atom stereocenters. The summed E-state index contributed by atoms with van der Waals surface area (Å²) in [6.45, 7) is 4.77. The van der Waals surface area contributed by atoms with Crippen LogP contribution in [0.2, 0.25) is 0 Å². The molecule has 24 heavy (non-hydrogen) atoms. The van der Waals surface area contributed by atoms with Gasteiger partial charge in [-0.25, -0.2) is 0 Å². The summed E-state index contributed by atoms with van der Waals surface area (Å²) in [7, 11) is 0. The first-order chi connectivity index (χ1) is 11.7. The van der Waals surface area contributed by atoms with Crippen molar-refractivity contribution in [2.24, 2.45) is 0 Å². The molecule has 0 atom stereocenters. The van der Waals surface area contributed by atoms with E-state index in [2.05, 4.69) is 84.6 Å². The molecular weight excluding hydrogens is 292 g/mol. The Bertz CT molecular complexity index is 725. The smallest absolute Gasteiger partial charge is 0.0359 e. The zero-order valence-corrected chi connectivity index (χ0v) is 14.2. The van der Waals surface area contributed by atoms with E-state index in [4.69, 9.17) is 5.73 Å². The van der Waals surface area contributed by atoms with Crippen molar-refractivity contribution in [3.63, 3.8) is 0 Å². The fourth-order valence-corrected chi connectivity index (χ4v) is 2.96. The Balaban J connectivity index is 1.82. The van der Waals surface area contributed by atoms with Gasteiger partial charge >= 0.3 is 0 Å². The van der Waals surface area contributed by atoms with Gasteiger partial charge in [-0.15, -0.1) is 0 Å². The number of nitrogens with zero attached hydrogens (tertiary/aromatic N) is 1. The molecule has 3 rings (SSSR count). The third-order valence-corrected chi connectivity index (χ3v) is 4.19. The second kappa shape index (κ2) is 7.80. The Kier molecular flexibility index (Phi) is 5.29. The lowest BCUT2D eigenvalue weighted by molar-refractivity contribution is 0.248. The first-order valence-electron chi connectivity index (χ1n) is 8.36. The predicted octanol–water partition coefficient (Wildman–Crippen LogP) is 4.78. The van der Waals surface area contributed by atoms with Crippen molar-refractivity contribution in [1.29, 1.82) is 0 Å². The van der Waals surface area contributed by atoms with E-state index in [0.29, 0.717) is 0 Å². The van der Waals surface area contributed by atoms with Gasteiger partial charge in [0.15, 0.2) is 0 Å². The van der Waals surface area contributed by atoms with Gasteiger partial charge in [0.2, 0.25) is 0 Å². The minimum atomic E-state index is 0.845. The summed E-state index contributed by atoms with van der Waals surface area (Å²) in [6, 6.07) is 27.5. The Morgan fingerprint density at radius 3 is 1.79 bits per heavy atom. The minimum Gasteiger partial charge on any atom is -0.398 e. The van der Waals surface area contributed by atoms with Crippen LogP contribution in [0, 0.1) is 6.92 Å². The fraction of sp³-hybridized carbons (Fsp3) is 0.182.